The minimum atomic E-state index is -1.29. The number of aromatic nitrogens is 1. The molecule has 1 unspecified atom stereocenters. The first-order valence-corrected chi connectivity index (χ1v) is 15.9. The molecule has 1 saturated heterocycles. The number of anilines is 1. The number of benzene rings is 1. The number of halogens is 3. The molecular weight excluding hydrogens is 594 g/mol. The summed E-state index contributed by atoms with van der Waals surface area (Å²) in [7, 11) is 0. The number of hydrogen-bond donors (Lipinski definition) is 3. The molecule has 2 aliphatic heterocycles. The maximum absolute atomic E-state index is 16.1. The molecule has 6 atom stereocenters. The lowest BCUT2D eigenvalue weighted by atomic mass is 9.51. The molecule has 3 N–H and O–H groups in total. The van der Waals surface area contributed by atoms with Gasteiger partial charge in [0.25, 0.3) is 0 Å². The first-order chi connectivity index (χ1) is 20.2. The van der Waals surface area contributed by atoms with Gasteiger partial charge in [0.15, 0.2) is 11.0 Å². The summed E-state index contributed by atoms with van der Waals surface area (Å²) in [5.41, 5.74) is -1.53. The summed E-state index contributed by atoms with van der Waals surface area (Å²) in [6.07, 6.45) is 4.64. The van der Waals surface area contributed by atoms with Crippen LogP contribution < -0.4 is 5.32 Å². The third-order valence-corrected chi connectivity index (χ3v) is 11.6. The van der Waals surface area contributed by atoms with Crippen LogP contribution in [0, 0.1) is 28.5 Å². The van der Waals surface area contributed by atoms with Crippen LogP contribution in [0.4, 0.5) is 10.1 Å². The van der Waals surface area contributed by atoms with Crippen molar-refractivity contribution < 1.29 is 28.9 Å². The average molecular weight is 634 g/mol. The van der Waals surface area contributed by atoms with Gasteiger partial charge in [-0.1, -0.05) is 43.1 Å². The Morgan fingerprint density at radius 3 is 2.53 bits per heavy atom. The van der Waals surface area contributed by atoms with Crippen molar-refractivity contribution in [1.29, 1.82) is 0 Å². The van der Waals surface area contributed by atoms with E-state index in [1.807, 2.05) is 6.07 Å². The molecule has 2 aromatic rings. The van der Waals surface area contributed by atoms with Crippen molar-refractivity contribution in [2.45, 2.75) is 88.8 Å². The van der Waals surface area contributed by atoms with E-state index in [9.17, 15) is 19.8 Å². The van der Waals surface area contributed by atoms with Gasteiger partial charge in [0.1, 0.15) is 11.9 Å². The summed E-state index contributed by atoms with van der Waals surface area (Å²) >= 11 is 12.6. The number of rotatable bonds is 5. The number of ether oxygens (including phenoxy) is 1. The summed E-state index contributed by atoms with van der Waals surface area (Å²) < 4.78 is 21.8. The Morgan fingerprint density at radius 1 is 1.14 bits per heavy atom. The van der Waals surface area contributed by atoms with Crippen molar-refractivity contribution >= 4 is 40.6 Å². The molecule has 232 valence electrons. The number of pyridine rings is 1. The molecule has 3 heterocycles. The summed E-state index contributed by atoms with van der Waals surface area (Å²) in [6.45, 7) is 5.95. The number of aliphatic hydroxyl groups is 2. The zero-order valence-corrected chi connectivity index (χ0v) is 26.3. The van der Waals surface area contributed by atoms with Crippen molar-refractivity contribution in [2.24, 2.45) is 22.7 Å². The van der Waals surface area contributed by atoms with E-state index in [0.29, 0.717) is 30.0 Å². The number of aliphatic hydroxyl groups excluding tert-OH is 1. The monoisotopic (exact) mass is 632 g/mol. The summed E-state index contributed by atoms with van der Waals surface area (Å²) in [6, 6.07) is 6.90. The Bertz CT molecular complexity index is 1450. The zero-order chi connectivity index (χ0) is 30.9. The van der Waals surface area contributed by atoms with Crippen LogP contribution in [-0.4, -0.2) is 51.8 Å². The molecule has 1 aromatic heterocycles. The average Bonchev–Trinajstić information content (AvgIpc) is 3.39. The van der Waals surface area contributed by atoms with Gasteiger partial charge in [-0.15, -0.1) is 0 Å². The SMILES string of the molecule is CC1(C)CCC2(CC1)C[C@@H](C(=O)C[C@H]1CO[C@H](CO)C(C)(O)C1)[C@H](c1ccnc(Cl)c1F)[C@]21C(=O)Nc2cc(Cl)ccc21. The number of fused-ring (bicyclic) bond motifs is 3. The third kappa shape index (κ3) is 4.83. The maximum atomic E-state index is 16.1. The lowest BCUT2D eigenvalue weighted by Gasteiger charge is -2.51. The Morgan fingerprint density at radius 2 is 1.86 bits per heavy atom. The summed E-state index contributed by atoms with van der Waals surface area (Å²) in [4.78, 5) is 33.0. The third-order valence-electron chi connectivity index (χ3n) is 11.1. The molecule has 1 aromatic carbocycles. The van der Waals surface area contributed by atoms with Crippen LogP contribution in [0.5, 0.6) is 0 Å². The number of amides is 1. The number of nitrogens with zero attached hydrogens (tertiary/aromatic N) is 1. The summed E-state index contributed by atoms with van der Waals surface area (Å²) in [5, 5.41) is 23.8. The van der Waals surface area contributed by atoms with Gasteiger partial charge in [0.2, 0.25) is 5.91 Å². The highest BCUT2D eigenvalue weighted by atomic mass is 35.5. The molecule has 2 aliphatic carbocycles. The van der Waals surface area contributed by atoms with Gasteiger partial charge in [-0.3, -0.25) is 9.59 Å². The van der Waals surface area contributed by atoms with E-state index < -0.39 is 40.2 Å². The standard InChI is InChI=1S/C33H39Cl2FN2O5/c1-30(2)7-9-32(10-8-30)15-21(24(40)12-18-14-31(3,42)25(16-39)43-17-18)26(20-6-11-37-28(35)27(20)36)33(32)22-5-4-19(34)13-23(22)38-29(33)41/h4-6,11,13,18,21,25-26,39,42H,7-10,12,14-17H2,1-3H3,(H,38,41)/t18-,21+,25-,26+,31?,33-/m1/s1. The molecule has 6 rings (SSSR count). The number of carbonyl (C=O) groups excluding carboxylic acids is 2. The lowest BCUT2D eigenvalue weighted by Crippen LogP contribution is -2.52. The largest absolute Gasteiger partial charge is 0.394 e. The maximum Gasteiger partial charge on any atom is 0.236 e. The van der Waals surface area contributed by atoms with E-state index in [1.165, 1.54) is 6.20 Å². The van der Waals surface area contributed by atoms with Gasteiger partial charge in [0.05, 0.1) is 24.2 Å². The normalized spacial score (nSPS) is 34.4. The van der Waals surface area contributed by atoms with E-state index in [0.717, 1.165) is 18.4 Å². The van der Waals surface area contributed by atoms with Crippen LogP contribution in [0.1, 0.15) is 82.8 Å². The van der Waals surface area contributed by atoms with Crippen LogP contribution in [0.2, 0.25) is 10.2 Å². The van der Waals surface area contributed by atoms with Crippen molar-refractivity contribution in [2.75, 3.05) is 18.5 Å². The fourth-order valence-electron chi connectivity index (χ4n) is 8.92. The van der Waals surface area contributed by atoms with Gasteiger partial charge in [0, 0.05) is 35.2 Å². The molecule has 10 heteroatoms. The Labute approximate surface area is 261 Å². The Balaban J connectivity index is 1.50. The number of hydrogen-bond acceptors (Lipinski definition) is 6. The van der Waals surface area contributed by atoms with Gasteiger partial charge in [-0.25, -0.2) is 9.37 Å². The number of carbonyl (C=O) groups is 2. The number of Topliss-reactive ketones (excluding diaryl/α,β-unsaturated/α-hetero) is 1. The molecule has 43 heavy (non-hydrogen) atoms. The van der Waals surface area contributed by atoms with Crippen molar-refractivity contribution in [1.82, 2.24) is 4.98 Å². The molecule has 2 spiro atoms. The van der Waals surface area contributed by atoms with Crippen LogP contribution >= 0.6 is 23.2 Å². The second-order valence-electron chi connectivity index (χ2n) is 14.3. The second-order valence-corrected chi connectivity index (χ2v) is 15.1. The van der Waals surface area contributed by atoms with Crippen molar-refractivity contribution in [3.63, 3.8) is 0 Å². The van der Waals surface area contributed by atoms with E-state index in [4.69, 9.17) is 27.9 Å². The zero-order valence-electron chi connectivity index (χ0n) is 24.8. The smallest absolute Gasteiger partial charge is 0.236 e. The van der Waals surface area contributed by atoms with Crippen LogP contribution in [-0.2, 0) is 19.7 Å². The lowest BCUT2D eigenvalue weighted by molar-refractivity contribution is -0.171. The predicted molar refractivity (Wildman–Crippen MR) is 162 cm³/mol. The minimum Gasteiger partial charge on any atom is -0.394 e. The fraction of sp³-hybridized carbons (Fsp3) is 0.606. The van der Waals surface area contributed by atoms with Gasteiger partial charge < -0.3 is 20.3 Å². The summed E-state index contributed by atoms with van der Waals surface area (Å²) in [5.74, 6) is -2.88. The predicted octanol–water partition coefficient (Wildman–Crippen LogP) is 6.22. The van der Waals surface area contributed by atoms with Gasteiger partial charge in [-0.05, 0) is 91.5 Å². The molecule has 0 bridgehead atoms. The fourth-order valence-corrected chi connectivity index (χ4v) is 9.26. The highest BCUT2D eigenvalue weighted by molar-refractivity contribution is 6.31. The van der Waals surface area contributed by atoms with Crippen LogP contribution in [0.3, 0.4) is 0 Å². The first kappa shape index (κ1) is 30.9. The Hall–Kier alpha value is -2.10. The highest BCUT2D eigenvalue weighted by Gasteiger charge is 2.72. The molecule has 4 aliphatic rings. The molecular formula is C33H39Cl2FN2O5. The quantitative estimate of drug-likeness (QED) is 0.338. The number of ketones is 1. The second kappa shape index (κ2) is 10.8. The van der Waals surface area contributed by atoms with E-state index in [-0.39, 0.29) is 59.8 Å². The van der Waals surface area contributed by atoms with E-state index in [1.54, 1.807) is 25.1 Å². The van der Waals surface area contributed by atoms with E-state index >= 15 is 4.39 Å². The Kier molecular flexibility index (Phi) is 7.74. The van der Waals surface area contributed by atoms with Crippen molar-refractivity contribution in [3.05, 3.63) is 57.6 Å². The highest BCUT2D eigenvalue weighted by Crippen LogP contribution is 2.72. The van der Waals surface area contributed by atoms with Gasteiger partial charge in [-0.2, -0.15) is 0 Å². The van der Waals surface area contributed by atoms with E-state index in [2.05, 4.69) is 24.1 Å². The molecule has 1 amide bonds. The topological polar surface area (TPSA) is 109 Å². The first-order valence-electron chi connectivity index (χ1n) is 15.1. The molecule has 0 radical (unpaired) electrons. The molecule has 3 fully saturated rings. The van der Waals surface area contributed by atoms with Crippen LogP contribution in [0.15, 0.2) is 30.5 Å². The molecule has 2 saturated carbocycles. The molecule has 7 nitrogen and oxygen atoms in total. The van der Waals surface area contributed by atoms with Crippen LogP contribution in [0.25, 0.3) is 0 Å². The number of nitrogens with one attached hydrogen (secondary N) is 1. The van der Waals surface area contributed by atoms with Crippen molar-refractivity contribution in [3.8, 4) is 0 Å². The minimum absolute atomic E-state index is 0.0709. The van der Waals surface area contributed by atoms with Gasteiger partial charge >= 0.3 is 0 Å².